The Hall–Kier alpha value is -3.09. The summed E-state index contributed by atoms with van der Waals surface area (Å²) in [5, 5.41) is 17.2. The molecule has 0 spiro atoms. The second-order valence-electron chi connectivity index (χ2n) is 10.3. The van der Waals surface area contributed by atoms with E-state index in [1.54, 1.807) is 32.2 Å². The number of carbonyl (C=O) groups excluding carboxylic acids is 2. The number of sulfonamides is 1. The number of para-hydroxylation sites is 1. The zero-order chi connectivity index (χ0) is 27.6. The molecule has 2 aromatic rings. The van der Waals surface area contributed by atoms with Crippen molar-refractivity contribution < 1.29 is 32.3 Å². The summed E-state index contributed by atoms with van der Waals surface area (Å²) in [5.41, 5.74) is 0.551. The van der Waals surface area contributed by atoms with Crippen molar-refractivity contribution in [2.24, 2.45) is 5.92 Å². The van der Waals surface area contributed by atoms with Crippen LogP contribution in [-0.2, 0) is 19.6 Å². The molecule has 4 rings (SSSR count). The van der Waals surface area contributed by atoms with E-state index >= 15 is 0 Å². The van der Waals surface area contributed by atoms with Crippen LogP contribution in [-0.4, -0.2) is 73.2 Å². The Morgan fingerprint density at radius 1 is 1.21 bits per heavy atom. The molecule has 3 N–H and O–H groups in total. The third-order valence-corrected chi connectivity index (χ3v) is 8.86. The van der Waals surface area contributed by atoms with Crippen LogP contribution in [0.3, 0.4) is 0 Å². The average molecular weight is 549 g/mol. The fourth-order valence-corrected chi connectivity index (χ4v) is 6.85. The molecular weight excluding hydrogens is 512 g/mol. The smallest absolute Gasteiger partial charge is 0.287 e. The lowest BCUT2D eigenvalue weighted by atomic mass is 10.0. The Kier molecular flexibility index (Phi) is 8.34. The van der Waals surface area contributed by atoms with Crippen molar-refractivity contribution in [3.05, 3.63) is 46.9 Å². The van der Waals surface area contributed by atoms with Crippen molar-refractivity contribution in [2.45, 2.75) is 64.8 Å². The number of nitrogens with one attached hydrogen (secondary N) is 2. The van der Waals surface area contributed by atoms with Gasteiger partial charge in [-0.3, -0.25) is 9.59 Å². The largest absolute Gasteiger partial charge is 0.475 e. The van der Waals surface area contributed by atoms with Gasteiger partial charge in [-0.2, -0.15) is 4.31 Å². The van der Waals surface area contributed by atoms with Crippen LogP contribution in [0.2, 0.25) is 0 Å². The maximum atomic E-state index is 13.7. The van der Waals surface area contributed by atoms with Crippen LogP contribution in [0.4, 0.5) is 0 Å². The van der Waals surface area contributed by atoms with E-state index in [1.165, 1.54) is 4.90 Å². The number of allylic oxidation sites excluding steroid dienone is 1. The summed E-state index contributed by atoms with van der Waals surface area (Å²) in [6.07, 6.45) is -0.590. The highest BCUT2D eigenvalue weighted by molar-refractivity contribution is 7.93. The van der Waals surface area contributed by atoms with Crippen molar-refractivity contribution >= 4 is 32.8 Å². The van der Waals surface area contributed by atoms with E-state index in [1.807, 2.05) is 26.0 Å². The number of amides is 2. The molecule has 1 fully saturated rings. The topological polar surface area (TPSA) is 141 Å². The molecule has 0 bridgehead atoms. The molecule has 0 radical (unpaired) electrons. The molecule has 208 valence electrons. The van der Waals surface area contributed by atoms with Gasteiger partial charge in [0.25, 0.3) is 15.9 Å². The normalized spacial score (nSPS) is 21.9. The lowest BCUT2D eigenvalue weighted by Gasteiger charge is -2.34. The van der Waals surface area contributed by atoms with Gasteiger partial charge in [0.05, 0.1) is 6.10 Å². The third kappa shape index (κ3) is 5.82. The zero-order valence-corrected chi connectivity index (χ0v) is 23.0. The van der Waals surface area contributed by atoms with Gasteiger partial charge >= 0.3 is 0 Å². The van der Waals surface area contributed by atoms with Gasteiger partial charge in [-0.15, -0.1) is 0 Å². The molecule has 0 saturated carbocycles. The van der Waals surface area contributed by atoms with E-state index < -0.39 is 40.1 Å². The Labute approximate surface area is 222 Å². The van der Waals surface area contributed by atoms with Crippen molar-refractivity contribution in [1.82, 2.24) is 19.8 Å². The molecule has 2 aliphatic rings. The van der Waals surface area contributed by atoms with Crippen LogP contribution >= 0.6 is 0 Å². The minimum atomic E-state index is -4.10. The number of furan rings is 1. The van der Waals surface area contributed by atoms with Crippen molar-refractivity contribution in [3.8, 4) is 0 Å². The molecule has 3 atom stereocenters. The quantitative estimate of drug-likeness (QED) is 0.456. The molecule has 0 aliphatic carbocycles. The van der Waals surface area contributed by atoms with Crippen LogP contribution < -0.4 is 10.6 Å². The minimum Gasteiger partial charge on any atom is -0.475 e. The molecule has 2 aliphatic heterocycles. The van der Waals surface area contributed by atoms with E-state index in [2.05, 4.69) is 10.6 Å². The number of aliphatic hydroxyl groups is 1. The number of benzene rings is 1. The highest BCUT2D eigenvalue weighted by atomic mass is 32.2. The number of nitrogens with zero attached hydrogens (tertiary/aromatic N) is 2. The van der Waals surface area contributed by atoms with Crippen molar-refractivity contribution in [3.63, 3.8) is 0 Å². The number of hydrogen-bond donors (Lipinski definition) is 3. The second-order valence-corrected chi connectivity index (χ2v) is 12.1. The first kappa shape index (κ1) is 27.9. The lowest BCUT2D eigenvalue weighted by molar-refractivity contribution is -0.126. The number of rotatable bonds is 8. The molecule has 11 nitrogen and oxygen atoms in total. The van der Waals surface area contributed by atoms with E-state index in [0.717, 1.165) is 9.69 Å². The molecule has 1 aromatic carbocycles. The minimum absolute atomic E-state index is 0.00256. The second kappa shape index (κ2) is 11.3. The van der Waals surface area contributed by atoms with Gasteiger partial charge in [-0.25, -0.2) is 8.42 Å². The number of aliphatic hydroxyl groups excluding tert-OH is 1. The number of ether oxygens (including phenoxy) is 1. The summed E-state index contributed by atoms with van der Waals surface area (Å²) in [6, 6.07) is 7.83. The monoisotopic (exact) mass is 548 g/mol. The Morgan fingerprint density at radius 2 is 1.95 bits per heavy atom. The van der Waals surface area contributed by atoms with Crippen LogP contribution in [0.15, 0.2) is 45.5 Å². The first-order valence-electron chi connectivity index (χ1n) is 12.8. The van der Waals surface area contributed by atoms with Gasteiger partial charge in [0.1, 0.15) is 23.5 Å². The van der Waals surface area contributed by atoms with Crippen LogP contribution in [0, 0.1) is 5.92 Å². The highest BCUT2D eigenvalue weighted by Crippen LogP contribution is 2.30. The summed E-state index contributed by atoms with van der Waals surface area (Å²) in [4.78, 5) is 28.0. The molecule has 1 saturated heterocycles. The SMILES string of the molecule is CC1=C(S(=O)(=O)N2CCCC[C@H](O)C2NC(=O)C(CC(C)C)NC(=O)c2cc3ccccc3o2)N(C)CO1. The summed E-state index contributed by atoms with van der Waals surface area (Å²) < 4.78 is 39.6. The van der Waals surface area contributed by atoms with Gasteiger partial charge < -0.3 is 29.8 Å². The predicted molar refractivity (Wildman–Crippen MR) is 141 cm³/mol. The van der Waals surface area contributed by atoms with E-state index in [9.17, 15) is 23.1 Å². The molecule has 3 heterocycles. The predicted octanol–water partition coefficient (Wildman–Crippen LogP) is 2.30. The average Bonchev–Trinajstić information content (AvgIpc) is 3.39. The van der Waals surface area contributed by atoms with E-state index in [0.29, 0.717) is 31.3 Å². The molecule has 38 heavy (non-hydrogen) atoms. The molecule has 1 aromatic heterocycles. The van der Waals surface area contributed by atoms with Gasteiger partial charge in [-0.05, 0) is 50.7 Å². The summed E-state index contributed by atoms with van der Waals surface area (Å²) in [7, 11) is -2.50. The zero-order valence-electron chi connectivity index (χ0n) is 22.1. The number of hydrogen-bond acceptors (Lipinski definition) is 8. The fraction of sp³-hybridized carbons (Fsp3) is 0.538. The molecule has 2 amide bonds. The molecule has 2 unspecified atom stereocenters. The maximum Gasteiger partial charge on any atom is 0.287 e. The van der Waals surface area contributed by atoms with E-state index in [-0.39, 0.29) is 35.7 Å². The maximum absolute atomic E-state index is 13.7. The third-order valence-electron chi connectivity index (χ3n) is 6.75. The van der Waals surface area contributed by atoms with Gasteiger partial charge in [-0.1, -0.05) is 32.0 Å². The first-order chi connectivity index (χ1) is 18.0. The van der Waals surface area contributed by atoms with Crippen molar-refractivity contribution in [1.29, 1.82) is 0 Å². The van der Waals surface area contributed by atoms with Gasteiger partial charge in [0.2, 0.25) is 5.91 Å². The summed E-state index contributed by atoms with van der Waals surface area (Å²) in [5.74, 6) is -0.780. The molecular formula is C26H36N4O7S. The first-order valence-corrected chi connectivity index (χ1v) is 14.3. The van der Waals surface area contributed by atoms with Gasteiger partial charge in [0, 0.05) is 19.0 Å². The summed E-state index contributed by atoms with van der Waals surface area (Å²) in [6.45, 7) is 5.61. The Bertz CT molecular complexity index is 1290. The fourth-order valence-electron chi connectivity index (χ4n) is 4.89. The van der Waals surface area contributed by atoms with Crippen LogP contribution in [0.25, 0.3) is 11.0 Å². The number of fused-ring (bicyclic) bond motifs is 1. The van der Waals surface area contributed by atoms with Crippen molar-refractivity contribution in [2.75, 3.05) is 20.3 Å². The molecule has 12 heteroatoms. The lowest BCUT2D eigenvalue weighted by Crippen LogP contribution is -2.60. The summed E-state index contributed by atoms with van der Waals surface area (Å²) >= 11 is 0. The Balaban J connectivity index is 1.58. The Morgan fingerprint density at radius 3 is 2.61 bits per heavy atom. The standard InChI is InChI=1S/C26H36N4O7S/c1-16(2)13-19(27-25(33)22-14-18-9-5-6-11-21(18)37-22)24(32)28-23-20(31)10-7-8-12-30(23)38(34,35)26-17(3)36-15-29(26)4/h5-6,9,11,14,16,19-20,23,31H,7-8,10,12-13,15H2,1-4H3,(H,27,33)(H,28,32)/t19?,20-,23?/m0/s1. The van der Waals surface area contributed by atoms with E-state index in [4.69, 9.17) is 9.15 Å². The van der Waals surface area contributed by atoms with Crippen LogP contribution in [0.1, 0.15) is 57.0 Å². The van der Waals surface area contributed by atoms with Crippen LogP contribution in [0.5, 0.6) is 0 Å². The highest BCUT2D eigenvalue weighted by Gasteiger charge is 2.43. The number of carbonyl (C=O) groups is 2. The van der Waals surface area contributed by atoms with Gasteiger partial charge in [0.15, 0.2) is 17.5 Å².